The number of halogens is 1. The first kappa shape index (κ1) is 29.3. The normalized spacial score (nSPS) is 22.6. The minimum Gasteiger partial charge on any atom is -0.444 e. The number of imidazole rings is 1. The molecule has 4 aliphatic rings. The Hall–Kier alpha value is -4.86. The number of nitrogens with one attached hydrogen (secondary N) is 1. The van der Waals surface area contributed by atoms with E-state index in [4.69, 9.17) is 29.4 Å². The van der Waals surface area contributed by atoms with Crippen molar-refractivity contribution in [2.45, 2.75) is 75.8 Å². The number of piperidine rings is 1. The summed E-state index contributed by atoms with van der Waals surface area (Å²) in [5.41, 5.74) is 4.19. The van der Waals surface area contributed by atoms with Gasteiger partial charge in [0.15, 0.2) is 23.0 Å². The van der Waals surface area contributed by atoms with Gasteiger partial charge in [-0.05, 0) is 81.4 Å². The minimum absolute atomic E-state index is 0.176. The molecule has 244 valence electrons. The van der Waals surface area contributed by atoms with Crippen molar-refractivity contribution in [1.29, 1.82) is 5.26 Å². The standard InChI is InChI=1S/C36H35FN8O3/c1-36(27-8-5-21(17-38)15-28(27)37)47-30-4-2-3-26(32(30)48-36)22-9-12-44(13-10-22)20-31-40-29-16-24(34-41-33(42-43-34)23-6-7-23)18-39-35(29)45(31)19-25-11-14-46-25/h2-5,8,15-16,18,22-23,25H,6-7,9-14,19-20H2,1H3,(H,41,42,43)/t25-,36?/m0/s1. The van der Waals surface area contributed by atoms with Crippen LogP contribution in [0.1, 0.15) is 79.2 Å². The SMILES string of the molecule is CC1(c2ccc(C#N)cc2F)Oc2cccc(C3CCN(Cc4nc5cc(-c6nnc(C7CC7)[nH]6)cnc5n4C[C@@H]4CCO4)CC3)c2O1. The number of benzene rings is 2. The number of likely N-dealkylation sites (tertiary alicyclic amines) is 1. The van der Waals surface area contributed by atoms with Gasteiger partial charge < -0.3 is 23.8 Å². The molecule has 0 bridgehead atoms. The highest BCUT2D eigenvalue weighted by Gasteiger charge is 2.43. The molecule has 3 fully saturated rings. The van der Waals surface area contributed by atoms with Gasteiger partial charge in [0.25, 0.3) is 5.79 Å². The van der Waals surface area contributed by atoms with Crippen LogP contribution in [0.15, 0.2) is 48.7 Å². The Labute approximate surface area is 276 Å². The second kappa shape index (κ2) is 11.4. The second-order valence-electron chi connectivity index (χ2n) is 13.5. The molecule has 2 atom stereocenters. The molecule has 12 heteroatoms. The van der Waals surface area contributed by atoms with E-state index in [-0.39, 0.29) is 23.1 Å². The van der Waals surface area contributed by atoms with E-state index >= 15 is 4.39 Å². The van der Waals surface area contributed by atoms with E-state index in [0.29, 0.717) is 24.0 Å². The Kier molecular flexibility index (Phi) is 6.95. The van der Waals surface area contributed by atoms with Crippen molar-refractivity contribution in [2.24, 2.45) is 0 Å². The first-order valence-corrected chi connectivity index (χ1v) is 16.8. The zero-order chi connectivity index (χ0) is 32.4. The Bertz CT molecular complexity index is 2070. The summed E-state index contributed by atoms with van der Waals surface area (Å²) in [6.07, 6.45) is 7.27. The first-order valence-electron chi connectivity index (χ1n) is 16.8. The van der Waals surface area contributed by atoms with Gasteiger partial charge in [-0.25, -0.2) is 14.4 Å². The lowest BCUT2D eigenvalue weighted by Crippen LogP contribution is -2.35. The summed E-state index contributed by atoms with van der Waals surface area (Å²) in [4.78, 5) is 15.8. The number of nitrogens with zero attached hydrogens (tertiary/aromatic N) is 7. The number of hydrogen-bond acceptors (Lipinski definition) is 9. The number of aromatic amines is 1. The van der Waals surface area contributed by atoms with Crippen molar-refractivity contribution in [3.63, 3.8) is 0 Å². The number of fused-ring (bicyclic) bond motifs is 2. The molecule has 5 aromatic rings. The summed E-state index contributed by atoms with van der Waals surface area (Å²) in [6, 6.07) is 14.3. The topological polar surface area (TPSA) is 127 Å². The van der Waals surface area contributed by atoms with Gasteiger partial charge in [-0.3, -0.25) is 4.90 Å². The van der Waals surface area contributed by atoms with E-state index in [1.165, 1.54) is 6.07 Å². The van der Waals surface area contributed by atoms with Gasteiger partial charge >= 0.3 is 0 Å². The van der Waals surface area contributed by atoms with E-state index in [1.807, 2.05) is 24.4 Å². The number of nitriles is 1. The summed E-state index contributed by atoms with van der Waals surface area (Å²) in [6.45, 7) is 5.74. The van der Waals surface area contributed by atoms with Crippen molar-refractivity contribution in [1.82, 2.24) is 34.6 Å². The van der Waals surface area contributed by atoms with Crippen LogP contribution in [0.25, 0.3) is 22.6 Å². The molecule has 1 unspecified atom stereocenters. The Morgan fingerprint density at radius 1 is 1.04 bits per heavy atom. The van der Waals surface area contributed by atoms with Crippen LogP contribution in [-0.2, 0) is 23.6 Å². The molecular weight excluding hydrogens is 611 g/mol. The molecule has 11 nitrogen and oxygen atoms in total. The van der Waals surface area contributed by atoms with Crippen LogP contribution in [0.3, 0.4) is 0 Å². The fraction of sp³-hybridized carbons (Fsp3) is 0.417. The third-order valence-corrected chi connectivity index (χ3v) is 10.2. The number of rotatable bonds is 8. The zero-order valence-corrected chi connectivity index (χ0v) is 26.7. The monoisotopic (exact) mass is 646 g/mol. The van der Waals surface area contributed by atoms with Gasteiger partial charge in [-0.15, -0.1) is 10.2 Å². The van der Waals surface area contributed by atoms with Crippen LogP contribution in [0, 0.1) is 17.1 Å². The third kappa shape index (κ3) is 5.18. The number of H-pyrrole nitrogens is 1. The van der Waals surface area contributed by atoms with E-state index in [9.17, 15) is 0 Å². The molecule has 48 heavy (non-hydrogen) atoms. The van der Waals surface area contributed by atoms with E-state index < -0.39 is 11.6 Å². The van der Waals surface area contributed by atoms with E-state index in [1.54, 1.807) is 19.1 Å². The van der Waals surface area contributed by atoms with Crippen LogP contribution >= 0.6 is 0 Å². The lowest BCUT2D eigenvalue weighted by Gasteiger charge is -2.33. The molecule has 3 aliphatic heterocycles. The molecule has 0 spiro atoms. The summed E-state index contributed by atoms with van der Waals surface area (Å²) in [7, 11) is 0. The van der Waals surface area contributed by atoms with Crippen LogP contribution < -0.4 is 9.47 Å². The summed E-state index contributed by atoms with van der Waals surface area (Å²) in [5.74, 6) is 2.87. The van der Waals surface area contributed by atoms with Crippen molar-refractivity contribution >= 4 is 11.2 Å². The molecule has 2 aromatic carbocycles. The van der Waals surface area contributed by atoms with E-state index in [2.05, 4.69) is 36.8 Å². The highest BCUT2D eigenvalue weighted by Crippen LogP contribution is 2.50. The van der Waals surface area contributed by atoms with Gasteiger partial charge in [0.1, 0.15) is 23.0 Å². The maximum absolute atomic E-state index is 15.0. The van der Waals surface area contributed by atoms with Gasteiger partial charge in [0.05, 0.1) is 36.4 Å². The lowest BCUT2D eigenvalue weighted by atomic mass is 9.88. The molecule has 0 radical (unpaired) electrons. The Morgan fingerprint density at radius 3 is 2.65 bits per heavy atom. The fourth-order valence-corrected chi connectivity index (χ4v) is 7.21. The van der Waals surface area contributed by atoms with E-state index in [0.717, 1.165) is 98.1 Å². The number of pyridine rings is 1. The average molecular weight is 647 g/mol. The highest BCUT2D eigenvalue weighted by molar-refractivity contribution is 5.77. The van der Waals surface area contributed by atoms with Crippen LogP contribution in [0.2, 0.25) is 0 Å². The molecular formula is C36H35FN8O3. The molecule has 6 heterocycles. The van der Waals surface area contributed by atoms with Gasteiger partial charge in [-0.1, -0.05) is 12.1 Å². The summed E-state index contributed by atoms with van der Waals surface area (Å²) >= 11 is 0. The number of ether oxygens (including phenoxy) is 3. The zero-order valence-electron chi connectivity index (χ0n) is 26.7. The van der Waals surface area contributed by atoms with Crippen molar-refractivity contribution < 1.29 is 18.6 Å². The molecule has 0 amide bonds. The van der Waals surface area contributed by atoms with Gasteiger partial charge in [0.2, 0.25) is 0 Å². The molecule has 1 saturated carbocycles. The fourth-order valence-electron chi connectivity index (χ4n) is 7.21. The lowest BCUT2D eigenvalue weighted by molar-refractivity contribution is -0.0712. The van der Waals surface area contributed by atoms with Gasteiger partial charge in [0, 0.05) is 36.8 Å². The molecule has 9 rings (SSSR count). The Balaban J connectivity index is 0.922. The third-order valence-electron chi connectivity index (χ3n) is 10.2. The molecule has 3 aromatic heterocycles. The van der Waals surface area contributed by atoms with Crippen LogP contribution in [-0.4, -0.2) is 60.4 Å². The van der Waals surface area contributed by atoms with Crippen molar-refractivity contribution in [2.75, 3.05) is 19.7 Å². The minimum atomic E-state index is -1.32. The number of aromatic nitrogens is 6. The molecule has 2 saturated heterocycles. The maximum atomic E-state index is 15.0. The van der Waals surface area contributed by atoms with Gasteiger partial charge in [-0.2, -0.15) is 5.26 Å². The van der Waals surface area contributed by atoms with Crippen LogP contribution in [0.5, 0.6) is 11.5 Å². The second-order valence-corrected chi connectivity index (χ2v) is 13.5. The molecule has 1 aliphatic carbocycles. The number of hydrogen-bond donors (Lipinski definition) is 1. The largest absolute Gasteiger partial charge is 0.444 e. The Morgan fingerprint density at radius 2 is 1.90 bits per heavy atom. The predicted molar refractivity (Wildman–Crippen MR) is 173 cm³/mol. The van der Waals surface area contributed by atoms with Crippen molar-refractivity contribution in [3.05, 3.63) is 82.8 Å². The summed E-state index contributed by atoms with van der Waals surface area (Å²) in [5, 5.41) is 17.9. The predicted octanol–water partition coefficient (Wildman–Crippen LogP) is 5.92. The van der Waals surface area contributed by atoms with Crippen molar-refractivity contribution in [3.8, 4) is 29.0 Å². The number of para-hydroxylation sites is 1. The quantitative estimate of drug-likeness (QED) is 0.219. The average Bonchev–Trinajstić information content (AvgIpc) is 3.54. The highest BCUT2D eigenvalue weighted by atomic mass is 19.1. The van der Waals surface area contributed by atoms with Crippen LogP contribution in [0.4, 0.5) is 4.39 Å². The first-order chi connectivity index (χ1) is 23.4. The molecule has 1 N–H and O–H groups in total. The maximum Gasteiger partial charge on any atom is 0.278 e. The smallest absolute Gasteiger partial charge is 0.278 e. The summed E-state index contributed by atoms with van der Waals surface area (Å²) < 4.78 is 35.7.